The Bertz CT molecular complexity index is 394. The van der Waals surface area contributed by atoms with Crippen LogP contribution in [0.4, 0.5) is 5.69 Å². The predicted molar refractivity (Wildman–Crippen MR) is 79.0 cm³/mol. The summed E-state index contributed by atoms with van der Waals surface area (Å²) in [6, 6.07) is 10.1. The summed E-state index contributed by atoms with van der Waals surface area (Å²) < 4.78 is 0. The van der Waals surface area contributed by atoms with Crippen molar-refractivity contribution in [1.82, 2.24) is 5.32 Å². The Morgan fingerprint density at radius 2 is 1.74 bits per heavy atom. The van der Waals surface area contributed by atoms with Gasteiger partial charge in [-0.2, -0.15) is 0 Å². The lowest BCUT2D eigenvalue weighted by atomic mass is 9.80. The molecule has 3 heteroatoms. The first kappa shape index (κ1) is 14.1. The Morgan fingerprint density at radius 1 is 1.11 bits per heavy atom. The van der Waals surface area contributed by atoms with Gasteiger partial charge in [-0.1, -0.05) is 32.0 Å². The minimum absolute atomic E-state index is 0.0390. The van der Waals surface area contributed by atoms with E-state index in [1.807, 2.05) is 30.3 Å². The van der Waals surface area contributed by atoms with Crippen molar-refractivity contribution >= 4 is 11.6 Å². The average molecular weight is 260 g/mol. The molecule has 19 heavy (non-hydrogen) atoms. The molecular formula is C16H24N2O. The van der Waals surface area contributed by atoms with Crippen LogP contribution in [-0.2, 0) is 4.79 Å². The van der Waals surface area contributed by atoms with E-state index in [0.717, 1.165) is 17.5 Å². The second-order valence-electron chi connectivity index (χ2n) is 5.91. The van der Waals surface area contributed by atoms with Crippen LogP contribution in [0.2, 0.25) is 0 Å². The molecule has 0 saturated heterocycles. The molecule has 1 aromatic rings. The fraction of sp³-hybridized carbons (Fsp3) is 0.562. The lowest BCUT2D eigenvalue weighted by Gasteiger charge is -2.31. The van der Waals surface area contributed by atoms with E-state index in [0.29, 0.717) is 12.6 Å². The molecule has 0 aliphatic heterocycles. The lowest BCUT2D eigenvalue weighted by molar-refractivity contribution is -0.115. The molecule has 2 rings (SSSR count). The first-order chi connectivity index (χ1) is 9.13. The minimum Gasteiger partial charge on any atom is -0.325 e. The SMILES string of the molecule is CC1CC(C)CC(NCC(=O)Nc2ccccc2)C1. The predicted octanol–water partition coefficient (Wildman–Crippen LogP) is 3.04. The third kappa shape index (κ3) is 4.67. The van der Waals surface area contributed by atoms with Crippen molar-refractivity contribution in [1.29, 1.82) is 0 Å². The van der Waals surface area contributed by atoms with Gasteiger partial charge < -0.3 is 10.6 Å². The van der Waals surface area contributed by atoms with Gasteiger partial charge in [0, 0.05) is 11.7 Å². The molecule has 2 atom stereocenters. The molecule has 0 heterocycles. The van der Waals surface area contributed by atoms with E-state index >= 15 is 0 Å². The molecule has 1 fully saturated rings. The van der Waals surface area contributed by atoms with Crippen LogP contribution in [0.15, 0.2) is 30.3 Å². The number of carbonyl (C=O) groups is 1. The second kappa shape index (κ2) is 6.71. The van der Waals surface area contributed by atoms with E-state index in [4.69, 9.17) is 0 Å². The molecule has 0 radical (unpaired) electrons. The van der Waals surface area contributed by atoms with Crippen LogP contribution in [0, 0.1) is 11.8 Å². The molecule has 104 valence electrons. The van der Waals surface area contributed by atoms with Crippen LogP contribution < -0.4 is 10.6 Å². The summed E-state index contributed by atoms with van der Waals surface area (Å²) in [6.45, 7) is 5.00. The van der Waals surface area contributed by atoms with Gasteiger partial charge in [0.25, 0.3) is 0 Å². The number of carbonyl (C=O) groups excluding carboxylic acids is 1. The number of hydrogen-bond acceptors (Lipinski definition) is 2. The third-order valence-corrected chi connectivity index (χ3v) is 3.79. The first-order valence-corrected chi connectivity index (χ1v) is 7.21. The van der Waals surface area contributed by atoms with E-state index in [2.05, 4.69) is 24.5 Å². The molecule has 0 spiro atoms. The number of para-hydroxylation sites is 1. The quantitative estimate of drug-likeness (QED) is 0.873. The fourth-order valence-corrected chi connectivity index (χ4v) is 3.08. The standard InChI is InChI=1S/C16H24N2O/c1-12-8-13(2)10-15(9-12)17-11-16(19)18-14-6-4-3-5-7-14/h3-7,12-13,15,17H,8-11H2,1-2H3,(H,18,19). The first-order valence-electron chi connectivity index (χ1n) is 7.21. The molecule has 0 bridgehead atoms. The summed E-state index contributed by atoms with van der Waals surface area (Å²) in [6.07, 6.45) is 3.68. The Labute approximate surface area is 115 Å². The molecule has 1 aromatic carbocycles. The van der Waals surface area contributed by atoms with Crippen molar-refractivity contribution in [3.63, 3.8) is 0 Å². The molecule has 3 nitrogen and oxygen atoms in total. The van der Waals surface area contributed by atoms with E-state index in [9.17, 15) is 4.79 Å². The highest BCUT2D eigenvalue weighted by molar-refractivity contribution is 5.92. The van der Waals surface area contributed by atoms with Crippen LogP contribution in [0.5, 0.6) is 0 Å². The Kier molecular flexibility index (Phi) is 4.97. The number of anilines is 1. The number of benzene rings is 1. The van der Waals surface area contributed by atoms with Crippen LogP contribution in [-0.4, -0.2) is 18.5 Å². The minimum atomic E-state index is 0.0390. The van der Waals surface area contributed by atoms with Gasteiger partial charge in [0.2, 0.25) is 5.91 Å². The van der Waals surface area contributed by atoms with Gasteiger partial charge >= 0.3 is 0 Å². The summed E-state index contributed by atoms with van der Waals surface area (Å²) in [4.78, 5) is 11.8. The van der Waals surface area contributed by atoms with Crippen molar-refractivity contribution < 1.29 is 4.79 Å². The maximum Gasteiger partial charge on any atom is 0.238 e. The molecular weight excluding hydrogens is 236 g/mol. The Morgan fingerprint density at radius 3 is 2.37 bits per heavy atom. The van der Waals surface area contributed by atoms with Crippen LogP contribution >= 0.6 is 0 Å². The maximum absolute atomic E-state index is 11.8. The largest absolute Gasteiger partial charge is 0.325 e. The van der Waals surface area contributed by atoms with Crippen molar-refractivity contribution in [2.75, 3.05) is 11.9 Å². The lowest BCUT2D eigenvalue weighted by Crippen LogP contribution is -2.40. The van der Waals surface area contributed by atoms with Crippen molar-refractivity contribution in [2.45, 2.75) is 39.2 Å². The number of amides is 1. The smallest absolute Gasteiger partial charge is 0.238 e. The van der Waals surface area contributed by atoms with Crippen LogP contribution in [0.1, 0.15) is 33.1 Å². The molecule has 2 unspecified atom stereocenters. The molecule has 1 amide bonds. The molecule has 2 N–H and O–H groups in total. The second-order valence-corrected chi connectivity index (χ2v) is 5.91. The van der Waals surface area contributed by atoms with Gasteiger partial charge in [-0.05, 0) is 43.2 Å². The van der Waals surface area contributed by atoms with Crippen molar-refractivity contribution in [3.8, 4) is 0 Å². The highest BCUT2D eigenvalue weighted by Gasteiger charge is 2.23. The maximum atomic E-state index is 11.8. The number of hydrogen-bond donors (Lipinski definition) is 2. The highest BCUT2D eigenvalue weighted by atomic mass is 16.1. The molecule has 1 aliphatic carbocycles. The summed E-state index contributed by atoms with van der Waals surface area (Å²) in [7, 11) is 0. The normalized spacial score (nSPS) is 26.9. The Hall–Kier alpha value is -1.35. The topological polar surface area (TPSA) is 41.1 Å². The Balaban J connectivity index is 1.74. The van der Waals surface area contributed by atoms with Gasteiger partial charge in [0.15, 0.2) is 0 Å². The van der Waals surface area contributed by atoms with E-state index in [1.165, 1.54) is 19.3 Å². The zero-order chi connectivity index (χ0) is 13.7. The zero-order valence-corrected chi connectivity index (χ0v) is 11.9. The summed E-state index contributed by atoms with van der Waals surface area (Å²) in [5.41, 5.74) is 0.861. The average Bonchev–Trinajstić information content (AvgIpc) is 2.36. The highest BCUT2D eigenvalue weighted by Crippen LogP contribution is 2.28. The van der Waals surface area contributed by atoms with Gasteiger partial charge in [-0.3, -0.25) is 4.79 Å². The molecule has 1 saturated carbocycles. The third-order valence-electron chi connectivity index (χ3n) is 3.79. The summed E-state index contributed by atoms with van der Waals surface area (Å²) in [5, 5.41) is 6.29. The van der Waals surface area contributed by atoms with Crippen LogP contribution in [0.25, 0.3) is 0 Å². The van der Waals surface area contributed by atoms with Crippen molar-refractivity contribution in [3.05, 3.63) is 30.3 Å². The fourth-order valence-electron chi connectivity index (χ4n) is 3.08. The van der Waals surface area contributed by atoms with E-state index < -0.39 is 0 Å². The van der Waals surface area contributed by atoms with Gasteiger partial charge in [-0.25, -0.2) is 0 Å². The van der Waals surface area contributed by atoms with E-state index in [1.54, 1.807) is 0 Å². The monoisotopic (exact) mass is 260 g/mol. The summed E-state index contributed by atoms with van der Waals surface area (Å²) >= 11 is 0. The number of nitrogens with one attached hydrogen (secondary N) is 2. The zero-order valence-electron chi connectivity index (χ0n) is 11.9. The molecule has 0 aromatic heterocycles. The molecule has 1 aliphatic rings. The van der Waals surface area contributed by atoms with Crippen LogP contribution in [0.3, 0.4) is 0 Å². The van der Waals surface area contributed by atoms with Crippen molar-refractivity contribution in [2.24, 2.45) is 11.8 Å². The van der Waals surface area contributed by atoms with E-state index in [-0.39, 0.29) is 5.91 Å². The number of rotatable bonds is 4. The van der Waals surface area contributed by atoms with Gasteiger partial charge in [-0.15, -0.1) is 0 Å². The van der Waals surface area contributed by atoms with Gasteiger partial charge in [0.05, 0.1) is 6.54 Å². The van der Waals surface area contributed by atoms with Gasteiger partial charge in [0.1, 0.15) is 0 Å². The summed E-state index contributed by atoms with van der Waals surface area (Å²) in [5.74, 6) is 1.56.